The highest BCUT2D eigenvalue weighted by molar-refractivity contribution is 9.10. The number of pyridine rings is 1. The largest absolute Gasteiger partial charge is 0.495 e. The summed E-state index contributed by atoms with van der Waals surface area (Å²) in [6, 6.07) is 41.3. The van der Waals surface area contributed by atoms with E-state index in [1.165, 1.54) is 60.3 Å². The standard InChI is InChI=1S/C25H23BrFNO3S.C23H17BrFNO2S.H3P/c1-3-31-25(29)12-9-18-13-19(32-16-17-7-5-4-6-8-17)10-11-22(18)28-23-15-21(27)20(26)14-24(23)30-2;1-28-22-12-18(24)19(25)13-21(22)26-20-9-8-17(11-16(20)7-10-23(26)27)29-14-15-5-3-2-4-6-15;/h4-15,28H,3,16H2,1-2H3;2-13H,14H2,1H3;1H3/b12-9+;;. The summed E-state index contributed by atoms with van der Waals surface area (Å²) in [7, 11) is 3.02. The molecule has 0 bridgehead atoms. The van der Waals surface area contributed by atoms with Crippen LogP contribution in [-0.4, -0.2) is 31.4 Å². The van der Waals surface area contributed by atoms with Crippen molar-refractivity contribution in [1.29, 1.82) is 0 Å². The van der Waals surface area contributed by atoms with Crippen LogP contribution in [0.5, 0.6) is 11.5 Å². The van der Waals surface area contributed by atoms with Crippen molar-refractivity contribution in [3.8, 4) is 17.2 Å². The molecule has 0 aliphatic rings. The van der Waals surface area contributed by atoms with E-state index in [-0.39, 0.29) is 19.9 Å². The molecule has 62 heavy (non-hydrogen) atoms. The number of ether oxygens (including phenoxy) is 3. The van der Waals surface area contributed by atoms with Crippen molar-refractivity contribution in [2.24, 2.45) is 0 Å². The van der Waals surface area contributed by atoms with Gasteiger partial charge in [-0.3, -0.25) is 9.36 Å². The fourth-order valence-electron chi connectivity index (χ4n) is 6.07. The Kier molecular flexibility index (Phi) is 18.3. The number of anilines is 2. The van der Waals surface area contributed by atoms with Crippen molar-refractivity contribution in [3.63, 3.8) is 0 Å². The first kappa shape index (κ1) is 48.1. The van der Waals surface area contributed by atoms with E-state index in [0.29, 0.717) is 45.2 Å². The predicted octanol–water partition coefficient (Wildman–Crippen LogP) is 13.5. The summed E-state index contributed by atoms with van der Waals surface area (Å²) in [5.74, 6) is 1.29. The van der Waals surface area contributed by atoms with Gasteiger partial charge < -0.3 is 19.5 Å². The molecule has 6 aromatic carbocycles. The first-order chi connectivity index (χ1) is 29.6. The van der Waals surface area contributed by atoms with Crippen molar-refractivity contribution in [3.05, 3.63) is 187 Å². The van der Waals surface area contributed by atoms with E-state index >= 15 is 0 Å². The number of hydrogen-bond acceptors (Lipinski definition) is 8. The zero-order valence-corrected chi connectivity index (χ0v) is 40.2. The van der Waals surface area contributed by atoms with Gasteiger partial charge in [0, 0.05) is 51.3 Å². The Morgan fingerprint density at radius 1 is 0.710 bits per heavy atom. The third-order valence-corrected chi connectivity index (χ3v) is 12.4. The molecule has 1 aromatic heterocycles. The summed E-state index contributed by atoms with van der Waals surface area (Å²) in [4.78, 5) is 26.7. The molecule has 0 saturated carbocycles. The van der Waals surface area contributed by atoms with Gasteiger partial charge in [0.2, 0.25) is 0 Å². The van der Waals surface area contributed by atoms with Gasteiger partial charge in [-0.1, -0.05) is 60.7 Å². The zero-order valence-electron chi connectivity index (χ0n) is 34.0. The lowest BCUT2D eigenvalue weighted by Crippen LogP contribution is -2.18. The number of rotatable bonds is 14. The zero-order chi connectivity index (χ0) is 43.3. The van der Waals surface area contributed by atoms with E-state index < -0.39 is 17.6 Å². The Morgan fingerprint density at radius 3 is 1.90 bits per heavy atom. The van der Waals surface area contributed by atoms with Crippen LogP contribution >= 0.6 is 65.3 Å². The number of thioether (sulfide) groups is 2. The van der Waals surface area contributed by atoms with Crippen LogP contribution in [0.4, 0.5) is 20.2 Å². The highest BCUT2D eigenvalue weighted by Gasteiger charge is 2.16. The van der Waals surface area contributed by atoms with E-state index in [0.717, 1.165) is 32.2 Å². The van der Waals surface area contributed by atoms with Crippen molar-refractivity contribution in [1.82, 2.24) is 4.57 Å². The maximum absolute atomic E-state index is 14.2. The third kappa shape index (κ3) is 12.8. The van der Waals surface area contributed by atoms with Gasteiger partial charge in [0.25, 0.3) is 5.56 Å². The summed E-state index contributed by atoms with van der Waals surface area (Å²) in [6.07, 6.45) is 3.07. The number of carbonyl (C=O) groups excluding carboxylic acids is 1. The minimum absolute atomic E-state index is 0. The van der Waals surface area contributed by atoms with Crippen LogP contribution in [0.1, 0.15) is 23.6 Å². The smallest absolute Gasteiger partial charge is 0.330 e. The highest BCUT2D eigenvalue weighted by Crippen LogP contribution is 2.36. The molecule has 7 nitrogen and oxygen atoms in total. The van der Waals surface area contributed by atoms with Crippen LogP contribution in [0.15, 0.2) is 163 Å². The number of hydrogen-bond donors (Lipinski definition) is 1. The monoisotopic (exact) mass is 1020 g/mol. The maximum atomic E-state index is 14.2. The second-order valence-corrected chi connectivity index (χ2v) is 16.9. The molecule has 7 aromatic rings. The summed E-state index contributed by atoms with van der Waals surface area (Å²) in [5, 5.41) is 4.11. The van der Waals surface area contributed by atoms with E-state index in [9.17, 15) is 18.4 Å². The Hall–Kier alpha value is -4.91. The van der Waals surface area contributed by atoms with Gasteiger partial charge in [-0.05, 0) is 122 Å². The lowest BCUT2D eigenvalue weighted by Gasteiger charge is -2.15. The number of benzene rings is 6. The fourth-order valence-corrected chi connectivity index (χ4v) is 8.52. The number of nitrogens with zero attached hydrogens (tertiary/aromatic N) is 1. The molecule has 0 saturated heterocycles. The average Bonchev–Trinajstić information content (AvgIpc) is 3.27. The van der Waals surface area contributed by atoms with Crippen LogP contribution in [0.3, 0.4) is 0 Å². The SMILES string of the molecule is CCOC(=O)/C=C/c1cc(SCc2ccccc2)ccc1Nc1cc(F)c(Br)cc1OC.COc1cc(Br)c(F)cc1-n1c(=O)ccc2cc(SCc3ccccc3)ccc21.P. The molecule has 0 aliphatic carbocycles. The maximum Gasteiger partial charge on any atom is 0.330 e. The van der Waals surface area contributed by atoms with Gasteiger partial charge in [-0.25, -0.2) is 13.6 Å². The molecule has 0 amide bonds. The summed E-state index contributed by atoms with van der Waals surface area (Å²) in [6.45, 7) is 2.06. The molecule has 7 rings (SSSR count). The minimum atomic E-state index is -0.459. The highest BCUT2D eigenvalue weighted by atomic mass is 79.9. The Morgan fingerprint density at radius 2 is 1.29 bits per heavy atom. The Labute approximate surface area is 388 Å². The fraction of sp³-hybridized carbons (Fsp3) is 0.125. The Bertz CT molecular complexity index is 2730. The summed E-state index contributed by atoms with van der Waals surface area (Å²) in [5.41, 5.74) is 5.23. The lowest BCUT2D eigenvalue weighted by atomic mass is 10.1. The molecule has 0 radical (unpaired) electrons. The van der Waals surface area contributed by atoms with E-state index in [4.69, 9.17) is 14.2 Å². The normalized spacial score (nSPS) is 10.8. The lowest BCUT2D eigenvalue weighted by molar-refractivity contribution is -0.137. The first-order valence-electron chi connectivity index (χ1n) is 18.9. The van der Waals surface area contributed by atoms with Gasteiger partial charge in [0.15, 0.2) is 0 Å². The molecule has 0 aliphatic heterocycles. The van der Waals surface area contributed by atoms with Gasteiger partial charge >= 0.3 is 5.97 Å². The summed E-state index contributed by atoms with van der Waals surface area (Å²) >= 11 is 9.76. The number of esters is 1. The number of nitrogens with one attached hydrogen (secondary N) is 1. The molecular formula is C48H43Br2F2N2O5PS2. The molecule has 1 N–H and O–H groups in total. The minimum Gasteiger partial charge on any atom is -0.495 e. The molecule has 320 valence electrons. The summed E-state index contributed by atoms with van der Waals surface area (Å²) < 4.78 is 46.2. The number of halogens is 4. The topological polar surface area (TPSA) is 78.8 Å². The molecule has 14 heteroatoms. The van der Waals surface area contributed by atoms with E-state index in [2.05, 4.69) is 61.4 Å². The molecule has 0 spiro atoms. The van der Waals surface area contributed by atoms with Gasteiger partial charge in [-0.15, -0.1) is 23.5 Å². The van der Waals surface area contributed by atoms with Crippen LogP contribution in [0.25, 0.3) is 22.7 Å². The predicted molar refractivity (Wildman–Crippen MR) is 263 cm³/mol. The molecule has 1 unspecified atom stereocenters. The number of aromatic nitrogens is 1. The van der Waals surface area contributed by atoms with Crippen LogP contribution in [-0.2, 0) is 21.0 Å². The van der Waals surface area contributed by atoms with Crippen LogP contribution in [0, 0.1) is 11.6 Å². The first-order valence-corrected chi connectivity index (χ1v) is 22.4. The average molecular weight is 1020 g/mol. The van der Waals surface area contributed by atoms with Crippen molar-refractivity contribution in [2.75, 3.05) is 26.1 Å². The molecule has 0 fully saturated rings. The molecule has 1 heterocycles. The van der Waals surface area contributed by atoms with Crippen molar-refractivity contribution in [2.45, 2.75) is 28.2 Å². The van der Waals surface area contributed by atoms with Gasteiger partial charge in [-0.2, -0.15) is 9.90 Å². The Balaban J connectivity index is 0.000000231. The second-order valence-electron chi connectivity index (χ2n) is 13.1. The quantitative estimate of drug-likeness (QED) is 0.0500. The van der Waals surface area contributed by atoms with Gasteiger partial charge in [0.1, 0.15) is 23.1 Å². The second kappa shape index (κ2) is 23.5. The number of carbonyl (C=O) groups is 1. The molecular weight excluding hydrogens is 977 g/mol. The number of methoxy groups -OCH3 is 2. The van der Waals surface area contributed by atoms with Crippen molar-refractivity contribution < 1.29 is 27.8 Å². The third-order valence-electron chi connectivity index (χ3n) is 9.05. The van der Waals surface area contributed by atoms with Crippen LogP contribution < -0.4 is 20.3 Å². The van der Waals surface area contributed by atoms with Gasteiger partial charge in [0.05, 0.1) is 46.7 Å². The van der Waals surface area contributed by atoms with E-state index in [1.54, 1.807) is 48.7 Å². The number of fused-ring (bicyclic) bond motifs is 1. The van der Waals surface area contributed by atoms with E-state index in [1.807, 2.05) is 72.8 Å². The van der Waals surface area contributed by atoms with Crippen LogP contribution in [0.2, 0.25) is 0 Å². The van der Waals surface area contributed by atoms with Crippen molar-refractivity contribution >= 4 is 99.6 Å². The molecule has 1 atom stereocenters.